The molecule has 5 nitrogen and oxygen atoms in total. The third kappa shape index (κ3) is 5.14. The standard InChI is InChI=1S/C20H20INO4/c1-12(2)19(24)22-15-10-8-14(9-11-15)18(23)13(3)26-20(25)16-6-4-5-7-17(16)21/h4-13H,1-3H3,(H,22,24). The number of esters is 1. The van der Waals surface area contributed by atoms with E-state index in [1.54, 1.807) is 63.2 Å². The third-order valence-corrected chi connectivity index (χ3v) is 4.65. The average Bonchev–Trinajstić information content (AvgIpc) is 2.61. The summed E-state index contributed by atoms with van der Waals surface area (Å²) in [5, 5.41) is 2.76. The molecule has 1 unspecified atom stereocenters. The number of hydrogen-bond donors (Lipinski definition) is 1. The van der Waals surface area contributed by atoms with Crippen LogP contribution in [0.2, 0.25) is 0 Å². The second-order valence-corrected chi connectivity index (χ2v) is 7.28. The fourth-order valence-corrected chi connectivity index (χ4v) is 2.75. The van der Waals surface area contributed by atoms with Crippen molar-refractivity contribution in [2.24, 2.45) is 5.92 Å². The highest BCUT2D eigenvalue weighted by atomic mass is 127. The van der Waals surface area contributed by atoms with Crippen LogP contribution in [-0.2, 0) is 9.53 Å². The molecule has 1 amide bonds. The zero-order chi connectivity index (χ0) is 19.3. The molecule has 26 heavy (non-hydrogen) atoms. The SMILES string of the molecule is CC(C)C(=O)Nc1ccc(C(=O)C(C)OC(=O)c2ccccc2I)cc1. The van der Waals surface area contributed by atoms with Crippen LogP contribution in [0.25, 0.3) is 0 Å². The zero-order valence-electron chi connectivity index (χ0n) is 14.8. The number of ketones is 1. The van der Waals surface area contributed by atoms with Crippen molar-refractivity contribution >= 4 is 45.9 Å². The molecule has 0 heterocycles. The van der Waals surface area contributed by atoms with Crippen LogP contribution in [0, 0.1) is 9.49 Å². The first-order valence-electron chi connectivity index (χ1n) is 8.20. The van der Waals surface area contributed by atoms with Crippen LogP contribution < -0.4 is 5.32 Å². The number of rotatable bonds is 6. The number of carbonyl (C=O) groups excluding carboxylic acids is 3. The lowest BCUT2D eigenvalue weighted by Crippen LogP contribution is -2.25. The second-order valence-electron chi connectivity index (χ2n) is 6.11. The molecule has 1 atom stereocenters. The highest BCUT2D eigenvalue weighted by molar-refractivity contribution is 14.1. The van der Waals surface area contributed by atoms with Crippen molar-refractivity contribution in [3.8, 4) is 0 Å². The molecule has 0 aliphatic heterocycles. The molecule has 0 aliphatic rings. The maximum Gasteiger partial charge on any atom is 0.339 e. The molecule has 2 aromatic carbocycles. The van der Waals surface area contributed by atoms with Crippen molar-refractivity contribution in [1.82, 2.24) is 0 Å². The van der Waals surface area contributed by atoms with Gasteiger partial charge in [0.15, 0.2) is 6.10 Å². The summed E-state index contributed by atoms with van der Waals surface area (Å²) in [6.07, 6.45) is -0.908. The molecular weight excluding hydrogens is 445 g/mol. The molecule has 0 saturated carbocycles. The molecule has 0 spiro atoms. The van der Waals surface area contributed by atoms with Gasteiger partial charge in [-0.05, 0) is 65.9 Å². The summed E-state index contributed by atoms with van der Waals surface area (Å²) in [7, 11) is 0. The minimum Gasteiger partial charge on any atom is -0.451 e. The van der Waals surface area contributed by atoms with E-state index in [1.165, 1.54) is 0 Å². The molecule has 0 aliphatic carbocycles. The zero-order valence-corrected chi connectivity index (χ0v) is 16.9. The maximum absolute atomic E-state index is 12.5. The highest BCUT2D eigenvalue weighted by Gasteiger charge is 2.21. The van der Waals surface area contributed by atoms with Gasteiger partial charge in [-0.25, -0.2) is 4.79 Å². The van der Waals surface area contributed by atoms with Crippen molar-refractivity contribution in [1.29, 1.82) is 0 Å². The topological polar surface area (TPSA) is 72.5 Å². The van der Waals surface area contributed by atoms with Crippen LogP contribution in [0.1, 0.15) is 41.5 Å². The summed E-state index contributed by atoms with van der Waals surface area (Å²) in [5.41, 5.74) is 1.46. The number of anilines is 1. The Morgan fingerprint density at radius 1 is 0.962 bits per heavy atom. The van der Waals surface area contributed by atoms with Crippen molar-refractivity contribution < 1.29 is 19.1 Å². The summed E-state index contributed by atoms with van der Waals surface area (Å²) < 4.78 is 6.06. The van der Waals surface area contributed by atoms with Crippen molar-refractivity contribution in [3.63, 3.8) is 0 Å². The van der Waals surface area contributed by atoms with Crippen LogP contribution >= 0.6 is 22.6 Å². The fraction of sp³-hybridized carbons (Fsp3) is 0.250. The van der Waals surface area contributed by atoms with E-state index in [2.05, 4.69) is 5.32 Å². The number of ether oxygens (including phenoxy) is 1. The van der Waals surface area contributed by atoms with E-state index in [0.717, 1.165) is 3.57 Å². The van der Waals surface area contributed by atoms with Crippen molar-refractivity contribution in [2.45, 2.75) is 26.9 Å². The van der Waals surface area contributed by atoms with Gasteiger partial charge in [-0.2, -0.15) is 0 Å². The van der Waals surface area contributed by atoms with Gasteiger partial charge in [0.05, 0.1) is 5.56 Å². The molecule has 2 rings (SSSR count). The van der Waals surface area contributed by atoms with Gasteiger partial charge >= 0.3 is 5.97 Å². The fourth-order valence-electron chi connectivity index (χ4n) is 2.14. The molecule has 0 bridgehead atoms. The Kier molecular flexibility index (Phi) is 6.90. The summed E-state index contributed by atoms with van der Waals surface area (Å²) in [6.45, 7) is 5.15. The lowest BCUT2D eigenvalue weighted by atomic mass is 10.1. The van der Waals surface area contributed by atoms with Crippen LogP contribution in [0.5, 0.6) is 0 Å². The monoisotopic (exact) mass is 465 g/mol. The van der Waals surface area contributed by atoms with Gasteiger partial charge < -0.3 is 10.1 Å². The minimum absolute atomic E-state index is 0.0937. The first kappa shape index (κ1) is 20.1. The van der Waals surface area contributed by atoms with Gasteiger partial charge in [0, 0.05) is 20.7 Å². The van der Waals surface area contributed by atoms with Gasteiger partial charge in [-0.1, -0.05) is 26.0 Å². The van der Waals surface area contributed by atoms with E-state index >= 15 is 0 Å². The van der Waals surface area contributed by atoms with Gasteiger partial charge in [-0.15, -0.1) is 0 Å². The Labute approximate surface area is 166 Å². The van der Waals surface area contributed by atoms with E-state index in [1.807, 2.05) is 28.7 Å². The predicted molar refractivity (Wildman–Crippen MR) is 108 cm³/mol. The summed E-state index contributed by atoms with van der Waals surface area (Å²) in [6, 6.07) is 13.6. The lowest BCUT2D eigenvalue weighted by molar-refractivity contribution is -0.118. The number of hydrogen-bond acceptors (Lipinski definition) is 4. The van der Waals surface area contributed by atoms with Gasteiger partial charge in [0.1, 0.15) is 0 Å². The molecule has 2 aromatic rings. The van der Waals surface area contributed by atoms with Crippen LogP contribution in [0.15, 0.2) is 48.5 Å². The molecule has 1 N–H and O–H groups in total. The van der Waals surface area contributed by atoms with Gasteiger partial charge in [-0.3, -0.25) is 9.59 Å². The smallest absolute Gasteiger partial charge is 0.339 e. The minimum atomic E-state index is -0.908. The van der Waals surface area contributed by atoms with Crippen molar-refractivity contribution in [2.75, 3.05) is 5.32 Å². The van der Waals surface area contributed by atoms with Gasteiger partial charge in [0.25, 0.3) is 0 Å². The summed E-state index contributed by atoms with van der Waals surface area (Å²) in [5.74, 6) is -1.05. The van der Waals surface area contributed by atoms with Crippen molar-refractivity contribution in [3.05, 3.63) is 63.2 Å². The Hall–Kier alpha value is -2.22. The third-order valence-electron chi connectivity index (χ3n) is 3.71. The first-order chi connectivity index (χ1) is 12.3. The quantitative estimate of drug-likeness (QED) is 0.392. The summed E-state index contributed by atoms with van der Waals surface area (Å²) in [4.78, 5) is 36.4. The molecule has 6 heteroatoms. The average molecular weight is 465 g/mol. The van der Waals surface area contributed by atoms with Crippen LogP contribution in [0.4, 0.5) is 5.69 Å². The number of halogens is 1. The number of benzene rings is 2. The maximum atomic E-state index is 12.5. The second kappa shape index (κ2) is 8.93. The van der Waals surface area contributed by atoms with Crippen LogP contribution in [-0.4, -0.2) is 23.8 Å². The number of Topliss-reactive ketones (excluding diaryl/α,β-unsaturated/α-hetero) is 1. The molecule has 0 aromatic heterocycles. The van der Waals surface area contributed by atoms with Crippen LogP contribution in [0.3, 0.4) is 0 Å². The predicted octanol–water partition coefficient (Wildman–Crippen LogP) is 4.31. The Balaban J connectivity index is 2.03. The molecule has 136 valence electrons. The number of carbonyl (C=O) groups is 3. The van der Waals surface area contributed by atoms with E-state index in [-0.39, 0.29) is 17.6 Å². The van der Waals surface area contributed by atoms with E-state index < -0.39 is 12.1 Å². The van der Waals surface area contributed by atoms with E-state index in [0.29, 0.717) is 16.8 Å². The highest BCUT2D eigenvalue weighted by Crippen LogP contribution is 2.16. The Bertz CT molecular complexity index is 815. The molecular formula is C20H20INO4. The van der Waals surface area contributed by atoms with Gasteiger partial charge in [0.2, 0.25) is 11.7 Å². The number of amides is 1. The Morgan fingerprint density at radius 3 is 2.15 bits per heavy atom. The molecule has 0 saturated heterocycles. The Morgan fingerprint density at radius 2 is 1.58 bits per heavy atom. The largest absolute Gasteiger partial charge is 0.451 e. The normalized spacial score (nSPS) is 11.7. The number of nitrogens with one attached hydrogen (secondary N) is 1. The first-order valence-corrected chi connectivity index (χ1v) is 9.28. The molecule has 0 fully saturated rings. The molecule has 0 radical (unpaired) electrons. The van der Waals surface area contributed by atoms with E-state index in [9.17, 15) is 14.4 Å². The lowest BCUT2D eigenvalue weighted by Gasteiger charge is -2.13. The summed E-state index contributed by atoms with van der Waals surface area (Å²) >= 11 is 2.05. The van der Waals surface area contributed by atoms with E-state index in [4.69, 9.17) is 4.74 Å².